The summed E-state index contributed by atoms with van der Waals surface area (Å²) in [5, 5.41) is 0. The van der Waals surface area contributed by atoms with Crippen LogP contribution in [0.3, 0.4) is 0 Å². The summed E-state index contributed by atoms with van der Waals surface area (Å²) >= 11 is 0. The van der Waals surface area contributed by atoms with Crippen LogP contribution in [0, 0.1) is 5.92 Å². The molecule has 4 aliphatic heterocycles. The Bertz CT molecular complexity index is 574. The summed E-state index contributed by atoms with van der Waals surface area (Å²) < 4.78 is 5.36. The molecule has 1 aromatic carbocycles. The van der Waals surface area contributed by atoms with E-state index in [0.717, 1.165) is 32.7 Å². The average molecular weight is 343 g/mol. The van der Waals surface area contributed by atoms with E-state index in [0.29, 0.717) is 31.7 Å². The average Bonchev–Trinajstić information content (AvgIpc) is 2.94. The van der Waals surface area contributed by atoms with Crippen molar-refractivity contribution in [3.8, 4) is 0 Å². The van der Waals surface area contributed by atoms with Gasteiger partial charge >= 0.3 is 0 Å². The fraction of sp³-hybridized carbons (Fsp3) is 0.650. The Labute approximate surface area is 150 Å². The molecule has 0 aliphatic carbocycles. The number of carbonyl (C=O) groups is 1. The Kier molecular flexibility index (Phi) is 5.34. The van der Waals surface area contributed by atoms with Gasteiger partial charge in [0.15, 0.2) is 0 Å². The van der Waals surface area contributed by atoms with Gasteiger partial charge in [0.05, 0.1) is 19.8 Å². The summed E-state index contributed by atoms with van der Waals surface area (Å²) in [4.78, 5) is 19.6. The third-order valence-electron chi connectivity index (χ3n) is 5.85. The van der Waals surface area contributed by atoms with E-state index < -0.39 is 0 Å². The molecule has 0 unspecified atom stereocenters. The normalized spacial score (nSPS) is 28.1. The van der Waals surface area contributed by atoms with Crippen molar-refractivity contribution in [1.82, 2.24) is 14.7 Å². The van der Waals surface area contributed by atoms with E-state index in [1.807, 2.05) is 4.90 Å². The van der Waals surface area contributed by atoms with Crippen molar-refractivity contribution in [3.63, 3.8) is 0 Å². The van der Waals surface area contributed by atoms with Gasteiger partial charge in [0, 0.05) is 45.3 Å². The topological polar surface area (TPSA) is 36.0 Å². The van der Waals surface area contributed by atoms with Crippen LogP contribution in [-0.2, 0) is 16.1 Å². The van der Waals surface area contributed by atoms with Crippen LogP contribution in [0.15, 0.2) is 30.3 Å². The van der Waals surface area contributed by atoms with Gasteiger partial charge in [-0.25, -0.2) is 0 Å². The standard InChI is InChI=1S/C20H29N3O2/c24-20(22-8-10-25-11-9-22)16-21-12-18-6-7-19(15-21)23(14-18)13-17-4-2-1-3-5-17/h1-5,18-19H,6-16H2/t18-,19+/m1/s1. The summed E-state index contributed by atoms with van der Waals surface area (Å²) in [6, 6.07) is 11.3. The van der Waals surface area contributed by atoms with Crippen LogP contribution in [0.25, 0.3) is 0 Å². The highest BCUT2D eigenvalue weighted by Gasteiger charge is 2.35. The second-order valence-electron chi connectivity index (χ2n) is 7.70. The third kappa shape index (κ3) is 4.22. The smallest absolute Gasteiger partial charge is 0.236 e. The number of benzene rings is 1. The molecule has 1 aromatic rings. The first-order valence-electron chi connectivity index (χ1n) is 9.64. The number of rotatable bonds is 4. The van der Waals surface area contributed by atoms with Crippen molar-refractivity contribution in [2.24, 2.45) is 5.92 Å². The Hall–Kier alpha value is -1.43. The predicted molar refractivity (Wildman–Crippen MR) is 97.2 cm³/mol. The van der Waals surface area contributed by atoms with Crippen molar-refractivity contribution in [1.29, 1.82) is 0 Å². The number of hydrogen-bond acceptors (Lipinski definition) is 4. The molecule has 4 fully saturated rings. The molecule has 0 spiro atoms. The first-order valence-corrected chi connectivity index (χ1v) is 9.64. The summed E-state index contributed by atoms with van der Waals surface area (Å²) in [6.07, 6.45) is 2.57. The fourth-order valence-corrected chi connectivity index (χ4v) is 4.52. The second kappa shape index (κ2) is 7.85. The van der Waals surface area contributed by atoms with Crippen LogP contribution in [0.2, 0.25) is 0 Å². The number of hydrogen-bond donors (Lipinski definition) is 0. The van der Waals surface area contributed by atoms with Crippen LogP contribution in [0.4, 0.5) is 0 Å². The molecule has 0 radical (unpaired) electrons. The number of fused-ring (bicyclic) bond motifs is 4. The molecule has 4 saturated heterocycles. The number of carbonyl (C=O) groups excluding carboxylic acids is 1. The maximum absolute atomic E-state index is 12.6. The minimum absolute atomic E-state index is 0.277. The Morgan fingerprint density at radius 2 is 1.84 bits per heavy atom. The monoisotopic (exact) mass is 343 g/mol. The van der Waals surface area contributed by atoms with Gasteiger partial charge in [-0.05, 0) is 24.3 Å². The fourth-order valence-electron chi connectivity index (χ4n) is 4.52. The quantitative estimate of drug-likeness (QED) is 0.829. The molecule has 2 bridgehead atoms. The summed E-state index contributed by atoms with van der Waals surface area (Å²) in [7, 11) is 0. The molecule has 0 aromatic heterocycles. The van der Waals surface area contributed by atoms with E-state index in [-0.39, 0.29) is 5.91 Å². The zero-order valence-corrected chi connectivity index (χ0v) is 15.0. The first-order chi connectivity index (χ1) is 12.3. The van der Waals surface area contributed by atoms with Crippen LogP contribution in [-0.4, -0.2) is 79.1 Å². The van der Waals surface area contributed by atoms with E-state index in [1.165, 1.54) is 24.9 Å². The van der Waals surface area contributed by atoms with Gasteiger partial charge in [0.1, 0.15) is 0 Å². The highest BCUT2D eigenvalue weighted by Crippen LogP contribution is 2.29. The molecular weight excluding hydrogens is 314 g/mol. The van der Waals surface area contributed by atoms with Crippen LogP contribution < -0.4 is 0 Å². The molecule has 5 nitrogen and oxygen atoms in total. The van der Waals surface area contributed by atoms with Crippen molar-refractivity contribution >= 4 is 5.91 Å². The van der Waals surface area contributed by atoms with Gasteiger partial charge in [-0.3, -0.25) is 14.6 Å². The third-order valence-corrected chi connectivity index (χ3v) is 5.85. The molecule has 25 heavy (non-hydrogen) atoms. The molecule has 5 heteroatoms. The van der Waals surface area contributed by atoms with Crippen LogP contribution in [0.5, 0.6) is 0 Å². The summed E-state index contributed by atoms with van der Waals surface area (Å²) in [5.41, 5.74) is 1.39. The molecular formula is C20H29N3O2. The van der Waals surface area contributed by atoms with Gasteiger partial charge in [-0.1, -0.05) is 30.3 Å². The number of morpholine rings is 1. The molecule has 4 aliphatic rings. The Balaban J connectivity index is 1.36. The number of nitrogens with zero attached hydrogens (tertiary/aromatic N) is 3. The maximum Gasteiger partial charge on any atom is 0.236 e. The lowest BCUT2D eigenvalue weighted by Gasteiger charge is -2.36. The van der Waals surface area contributed by atoms with E-state index in [1.54, 1.807) is 0 Å². The minimum Gasteiger partial charge on any atom is -0.378 e. The van der Waals surface area contributed by atoms with Crippen molar-refractivity contribution in [3.05, 3.63) is 35.9 Å². The van der Waals surface area contributed by atoms with E-state index in [9.17, 15) is 4.79 Å². The first kappa shape index (κ1) is 17.0. The lowest BCUT2D eigenvalue weighted by Crippen LogP contribution is -2.47. The van der Waals surface area contributed by atoms with Gasteiger partial charge in [0.2, 0.25) is 5.91 Å². The SMILES string of the molecule is O=C(CN1C[C@H]2CC[C@@H](C1)N(Cc1ccccc1)C2)N1CCOCC1. The predicted octanol–water partition coefficient (Wildman–Crippen LogP) is 1.44. The highest BCUT2D eigenvalue weighted by molar-refractivity contribution is 5.78. The summed E-state index contributed by atoms with van der Waals surface area (Å²) in [6.45, 7) is 7.74. The molecule has 136 valence electrons. The largest absolute Gasteiger partial charge is 0.378 e. The molecule has 1 amide bonds. The zero-order chi connectivity index (χ0) is 17.1. The number of amides is 1. The molecule has 4 heterocycles. The molecule has 0 saturated carbocycles. The Morgan fingerprint density at radius 3 is 2.64 bits per heavy atom. The second-order valence-corrected chi connectivity index (χ2v) is 7.70. The zero-order valence-electron chi connectivity index (χ0n) is 15.0. The van der Waals surface area contributed by atoms with E-state index >= 15 is 0 Å². The van der Waals surface area contributed by atoms with E-state index in [4.69, 9.17) is 4.74 Å². The van der Waals surface area contributed by atoms with Crippen LogP contribution >= 0.6 is 0 Å². The summed E-state index contributed by atoms with van der Waals surface area (Å²) in [5.74, 6) is 0.971. The lowest BCUT2D eigenvalue weighted by atomic mass is 9.94. The van der Waals surface area contributed by atoms with Crippen molar-refractivity contribution in [2.75, 3.05) is 52.5 Å². The Morgan fingerprint density at radius 1 is 1.04 bits per heavy atom. The highest BCUT2D eigenvalue weighted by atomic mass is 16.5. The number of ether oxygens (including phenoxy) is 1. The van der Waals surface area contributed by atoms with Gasteiger partial charge < -0.3 is 9.64 Å². The molecule has 2 atom stereocenters. The molecule has 0 N–H and O–H groups in total. The lowest BCUT2D eigenvalue weighted by molar-refractivity contribution is -0.136. The maximum atomic E-state index is 12.6. The van der Waals surface area contributed by atoms with Gasteiger partial charge in [0.25, 0.3) is 0 Å². The number of piperidine rings is 1. The minimum atomic E-state index is 0.277. The van der Waals surface area contributed by atoms with Crippen molar-refractivity contribution in [2.45, 2.75) is 25.4 Å². The van der Waals surface area contributed by atoms with E-state index in [2.05, 4.69) is 40.1 Å². The van der Waals surface area contributed by atoms with Crippen LogP contribution in [0.1, 0.15) is 18.4 Å². The van der Waals surface area contributed by atoms with Crippen molar-refractivity contribution < 1.29 is 9.53 Å². The van der Waals surface area contributed by atoms with Gasteiger partial charge in [-0.2, -0.15) is 0 Å². The molecule has 5 rings (SSSR count). The van der Waals surface area contributed by atoms with Gasteiger partial charge in [-0.15, -0.1) is 0 Å².